The first-order valence-corrected chi connectivity index (χ1v) is 4.73. The zero-order chi connectivity index (χ0) is 11.8. The molecule has 0 aliphatic heterocycles. The molecule has 0 saturated carbocycles. The molecule has 6 nitrogen and oxygen atoms in total. The standard InChI is InChI=1S/C9H18N2O4/c1-7(2)10-9(14)11(4-5-15-3)6-8(12)13/h7H,4-6H2,1-3H3,(H,10,14)(H,12,13). The lowest BCUT2D eigenvalue weighted by molar-refractivity contribution is -0.137. The van der Waals surface area contributed by atoms with E-state index >= 15 is 0 Å². The van der Waals surface area contributed by atoms with E-state index in [9.17, 15) is 9.59 Å². The molecular formula is C9H18N2O4. The Morgan fingerprint density at radius 2 is 2.07 bits per heavy atom. The molecule has 0 fully saturated rings. The number of nitrogens with zero attached hydrogens (tertiary/aromatic N) is 1. The monoisotopic (exact) mass is 218 g/mol. The summed E-state index contributed by atoms with van der Waals surface area (Å²) >= 11 is 0. The van der Waals surface area contributed by atoms with Crippen LogP contribution < -0.4 is 5.32 Å². The summed E-state index contributed by atoms with van der Waals surface area (Å²) in [6, 6.07) is -0.402. The molecule has 6 heteroatoms. The predicted molar refractivity (Wildman–Crippen MR) is 54.8 cm³/mol. The van der Waals surface area contributed by atoms with E-state index in [4.69, 9.17) is 9.84 Å². The van der Waals surface area contributed by atoms with E-state index in [1.807, 2.05) is 13.8 Å². The Balaban J connectivity index is 4.20. The molecule has 88 valence electrons. The normalized spacial score (nSPS) is 10.1. The third-order valence-electron chi connectivity index (χ3n) is 1.59. The van der Waals surface area contributed by atoms with Gasteiger partial charge in [0.15, 0.2) is 0 Å². The van der Waals surface area contributed by atoms with Crippen LogP contribution in [0.2, 0.25) is 0 Å². The summed E-state index contributed by atoms with van der Waals surface area (Å²) in [5.74, 6) is -1.04. The number of carboxylic acid groups (broad SMARTS) is 1. The van der Waals surface area contributed by atoms with E-state index in [-0.39, 0.29) is 25.2 Å². The highest BCUT2D eigenvalue weighted by molar-refractivity contribution is 5.80. The van der Waals surface area contributed by atoms with Crippen molar-refractivity contribution in [2.45, 2.75) is 19.9 Å². The second-order valence-corrected chi connectivity index (χ2v) is 3.41. The van der Waals surface area contributed by atoms with Crippen LogP contribution in [0.15, 0.2) is 0 Å². The molecule has 0 rings (SSSR count). The molecule has 0 aromatic heterocycles. The van der Waals surface area contributed by atoms with Crippen molar-refractivity contribution in [3.63, 3.8) is 0 Å². The second-order valence-electron chi connectivity index (χ2n) is 3.41. The fourth-order valence-electron chi connectivity index (χ4n) is 0.955. The van der Waals surface area contributed by atoms with Crippen molar-refractivity contribution in [1.82, 2.24) is 10.2 Å². The van der Waals surface area contributed by atoms with Crippen LogP contribution in [-0.4, -0.2) is 54.9 Å². The number of methoxy groups -OCH3 is 1. The first-order chi connectivity index (χ1) is 6.97. The molecule has 0 spiro atoms. The fraction of sp³-hybridized carbons (Fsp3) is 0.778. The molecule has 0 aromatic carbocycles. The van der Waals surface area contributed by atoms with E-state index in [1.54, 1.807) is 0 Å². The van der Waals surface area contributed by atoms with Gasteiger partial charge in [0.05, 0.1) is 6.61 Å². The minimum atomic E-state index is -1.04. The highest BCUT2D eigenvalue weighted by atomic mass is 16.5. The minimum absolute atomic E-state index is 0.0173. The zero-order valence-corrected chi connectivity index (χ0v) is 9.32. The summed E-state index contributed by atoms with van der Waals surface area (Å²) < 4.78 is 4.79. The van der Waals surface area contributed by atoms with Gasteiger partial charge in [-0.05, 0) is 13.8 Å². The molecule has 0 aliphatic rings. The van der Waals surface area contributed by atoms with Crippen molar-refractivity contribution >= 4 is 12.0 Å². The summed E-state index contributed by atoms with van der Waals surface area (Å²) in [6.45, 7) is 3.89. The van der Waals surface area contributed by atoms with Crippen LogP contribution >= 0.6 is 0 Å². The second kappa shape index (κ2) is 7.05. The molecule has 0 aliphatic carbocycles. The molecule has 0 unspecified atom stereocenters. The van der Waals surface area contributed by atoms with Crippen LogP contribution in [0.1, 0.15) is 13.8 Å². The third-order valence-corrected chi connectivity index (χ3v) is 1.59. The van der Waals surface area contributed by atoms with Crippen molar-refractivity contribution in [3.8, 4) is 0 Å². The summed E-state index contributed by atoms with van der Waals surface area (Å²) in [5, 5.41) is 11.2. The number of nitrogens with one attached hydrogen (secondary N) is 1. The predicted octanol–water partition coefficient (Wildman–Crippen LogP) is 0.137. The summed E-state index contributed by atoms with van der Waals surface area (Å²) in [5.41, 5.74) is 0. The molecule has 0 atom stereocenters. The van der Waals surface area contributed by atoms with Gasteiger partial charge in [-0.1, -0.05) is 0 Å². The van der Waals surface area contributed by atoms with Gasteiger partial charge in [-0.15, -0.1) is 0 Å². The Kier molecular flexibility index (Phi) is 6.44. The van der Waals surface area contributed by atoms with Crippen LogP contribution in [0.25, 0.3) is 0 Å². The molecule has 0 saturated heterocycles. The van der Waals surface area contributed by atoms with Crippen molar-refractivity contribution < 1.29 is 19.4 Å². The highest BCUT2D eigenvalue weighted by Crippen LogP contribution is 1.92. The number of carbonyl (C=O) groups excluding carboxylic acids is 1. The van der Waals surface area contributed by atoms with Gasteiger partial charge in [0, 0.05) is 19.7 Å². The number of ether oxygens (including phenoxy) is 1. The highest BCUT2D eigenvalue weighted by Gasteiger charge is 2.16. The van der Waals surface area contributed by atoms with Crippen LogP contribution in [0.4, 0.5) is 4.79 Å². The van der Waals surface area contributed by atoms with E-state index in [2.05, 4.69) is 5.32 Å². The van der Waals surface area contributed by atoms with E-state index in [1.165, 1.54) is 12.0 Å². The molecule has 15 heavy (non-hydrogen) atoms. The average Bonchev–Trinajstić information content (AvgIpc) is 2.10. The van der Waals surface area contributed by atoms with Gasteiger partial charge in [0.1, 0.15) is 6.54 Å². The minimum Gasteiger partial charge on any atom is -0.480 e. The third kappa shape index (κ3) is 6.73. The van der Waals surface area contributed by atoms with Crippen LogP contribution in [0.3, 0.4) is 0 Å². The first-order valence-electron chi connectivity index (χ1n) is 4.73. The number of hydrogen-bond donors (Lipinski definition) is 2. The van der Waals surface area contributed by atoms with Gasteiger partial charge in [-0.3, -0.25) is 4.79 Å². The molecule has 0 aromatic rings. The summed E-state index contributed by atoms with van der Waals surface area (Å²) in [7, 11) is 1.50. The molecule has 0 bridgehead atoms. The quantitative estimate of drug-likeness (QED) is 0.664. The number of aliphatic carboxylic acids is 1. The molecule has 2 N–H and O–H groups in total. The zero-order valence-electron chi connectivity index (χ0n) is 9.32. The Morgan fingerprint density at radius 3 is 2.47 bits per heavy atom. The number of urea groups is 1. The maximum absolute atomic E-state index is 11.5. The van der Waals surface area contributed by atoms with Gasteiger partial charge in [-0.25, -0.2) is 4.79 Å². The first kappa shape index (κ1) is 13.7. The average molecular weight is 218 g/mol. The fourth-order valence-corrected chi connectivity index (χ4v) is 0.955. The van der Waals surface area contributed by atoms with Crippen LogP contribution in [0, 0.1) is 0 Å². The molecular weight excluding hydrogens is 200 g/mol. The smallest absolute Gasteiger partial charge is 0.323 e. The van der Waals surface area contributed by atoms with Gasteiger partial charge < -0.3 is 20.1 Å². The van der Waals surface area contributed by atoms with Crippen LogP contribution in [0.5, 0.6) is 0 Å². The van der Waals surface area contributed by atoms with Crippen molar-refractivity contribution in [1.29, 1.82) is 0 Å². The Bertz CT molecular complexity index is 218. The number of carboxylic acids is 1. The Hall–Kier alpha value is -1.30. The van der Waals surface area contributed by atoms with Crippen molar-refractivity contribution in [2.75, 3.05) is 26.8 Å². The van der Waals surface area contributed by atoms with E-state index < -0.39 is 5.97 Å². The maximum atomic E-state index is 11.5. The summed E-state index contributed by atoms with van der Waals surface area (Å²) in [4.78, 5) is 23.2. The lowest BCUT2D eigenvalue weighted by atomic mass is 10.4. The van der Waals surface area contributed by atoms with Gasteiger partial charge >= 0.3 is 12.0 Å². The SMILES string of the molecule is COCCN(CC(=O)O)C(=O)NC(C)C. The van der Waals surface area contributed by atoms with Crippen molar-refractivity contribution in [2.24, 2.45) is 0 Å². The maximum Gasteiger partial charge on any atom is 0.323 e. The van der Waals surface area contributed by atoms with E-state index in [0.29, 0.717) is 6.61 Å². The lowest BCUT2D eigenvalue weighted by Gasteiger charge is -2.22. The van der Waals surface area contributed by atoms with Crippen LogP contribution in [-0.2, 0) is 9.53 Å². The van der Waals surface area contributed by atoms with Gasteiger partial charge in [-0.2, -0.15) is 0 Å². The molecule has 0 radical (unpaired) electrons. The summed E-state index contributed by atoms with van der Waals surface area (Å²) in [6.07, 6.45) is 0. The number of hydrogen-bond acceptors (Lipinski definition) is 3. The number of carbonyl (C=O) groups is 2. The molecule has 2 amide bonds. The number of amides is 2. The topological polar surface area (TPSA) is 78.9 Å². The largest absolute Gasteiger partial charge is 0.480 e. The number of rotatable bonds is 6. The van der Waals surface area contributed by atoms with E-state index in [0.717, 1.165) is 0 Å². The van der Waals surface area contributed by atoms with Crippen molar-refractivity contribution in [3.05, 3.63) is 0 Å². The molecule has 0 heterocycles. The lowest BCUT2D eigenvalue weighted by Crippen LogP contribution is -2.46. The van der Waals surface area contributed by atoms with Gasteiger partial charge in [0.25, 0.3) is 0 Å². The van der Waals surface area contributed by atoms with Gasteiger partial charge in [0.2, 0.25) is 0 Å². The Morgan fingerprint density at radius 1 is 1.47 bits per heavy atom. The Labute approximate surface area is 89.2 Å².